The molecule has 11 heteroatoms. The van der Waals surface area contributed by atoms with Crippen LogP contribution in [-0.2, 0) is 9.59 Å². The zero-order valence-electron chi connectivity index (χ0n) is 24.0. The number of carbonyl (C=O) groups is 2. The fourth-order valence-corrected chi connectivity index (χ4v) is 5.72. The summed E-state index contributed by atoms with van der Waals surface area (Å²) < 4.78 is 6.27. The van der Waals surface area contributed by atoms with Crippen molar-refractivity contribution < 1.29 is 14.0 Å². The van der Waals surface area contributed by atoms with E-state index in [0.717, 1.165) is 80.5 Å². The molecule has 1 saturated carbocycles. The maximum atomic E-state index is 12.6. The molecule has 2 fully saturated rings. The van der Waals surface area contributed by atoms with Crippen LogP contribution in [0.4, 0.5) is 0 Å². The highest BCUT2D eigenvalue weighted by Crippen LogP contribution is 2.33. The van der Waals surface area contributed by atoms with Gasteiger partial charge in [-0.15, -0.1) is 0 Å². The van der Waals surface area contributed by atoms with E-state index in [-0.39, 0.29) is 35.1 Å². The monoisotopic (exact) mass is 560 g/mol. The van der Waals surface area contributed by atoms with E-state index in [9.17, 15) is 9.59 Å². The number of nitrogens with two attached hydrogens (primary N) is 1. The van der Waals surface area contributed by atoms with Crippen LogP contribution in [0, 0.1) is 19.3 Å². The topological polar surface area (TPSA) is 152 Å². The minimum Gasteiger partial charge on any atom is -0.454 e. The van der Waals surface area contributed by atoms with E-state index < -0.39 is 5.91 Å². The normalized spacial score (nSPS) is 23.9. The number of hydrogen-bond acceptors (Lipinski definition) is 9. The van der Waals surface area contributed by atoms with Gasteiger partial charge in [-0.1, -0.05) is 17.7 Å². The van der Waals surface area contributed by atoms with Crippen molar-refractivity contribution in [2.75, 3.05) is 39.8 Å². The van der Waals surface area contributed by atoms with Crippen molar-refractivity contribution in [3.8, 4) is 0 Å². The van der Waals surface area contributed by atoms with Crippen LogP contribution in [0.1, 0.15) is 42.6 Å². The summed E-state index contributed by atoms with van der Waals surface area (Å²) in [7, 11) is 2.13. The molecule has 11 nitrogen and oxygen atoms in total. The predicted molar refractivity (Wildman–Crippen MR) is 160 cm³/mol. The molecule has 0 radical (unpaired) electrons. The molecule has 218 valence electrons. The first-order valence-corrected chi connectivity index (χ1v) is 14.3. The fourth-order valence-electron chi connectivity index (χ4n) is 5.72. The number of hydrazone groups is 1. The van der Waals surface area contributed by atoms with Crippen molar-refractivity contribution in [2.45, 2.75) is 51.6 Å². The summed E-state index contributed by atoms with van der Waals surface area (Å²) in [5, 5.41) is 20.1. The number of amides is 2. The molecule has 6 N–H and O–H groups in total. The number of amidine groups is 1. The number of hydrogen-bond donors (Lipinski definition) is 5. The molecule has 0 bridgehead atoms. The van der Waals surface area contributed by atoms with Crippen LogP contribution >= 0.6 is 0 Å². The number of fused-ring (bicyclic) bond motifs is 1. The number of rotatable bonds is 7. The van der Waals surface area contributed by atoms with Crippen LogP contribution in [0.2, 0.25) is 0 Å². The first kappa shape index (κ1) is 28.6. The molecule has 2 amide bonds. The standard InChI is InChI=1S/C30H40N8O3/c1-18-6-11-23-22(17-18)19(2)28(41-23)27(25-26(31)30(40)36-35-29(25)32)34-21-9-7-20(8-10-21)33-24(39)5-4-12-38-15-13-37(3)14-16-38/h4-6,11,17,20-21,31,34H,7-10,12-16H2,1-3H3,(H2,32,35)(H,33,39)(H,36,40)/b5-4+,27-25+,31-26?. The summed E-state index contributed by atoms with van der Waals surface area (Å²) in [6.45, 7) is 8.93. The van der Waals surface area contributed by atoms with Gasteiger partial charge in [0.25, 0.3) is 5.91 Å². The van der Waals surface area contributed by atoms with Crippen LogP contribution in [0.3, 0.4) is 0 Å². The van der Waals surface area contributed by atoms with Gasteiger partial charge in [-0.3, -0.25) is 19.9 Å². The Balaban J connectivity index is 1.26. The Morgan fingerprint density at radius 3 is 2.54 bits per heavy atom. The van der Waals surface area contributed by atoms with Crippen molar-refractivity contribution in [3.63, 3.8) is 0 Å². The molecule has 3 aliphatic rings. The SMILES string of the molecule is Cc1ccc2oc(/C(NC3CCC(NC(=O)/C=C/CN4CCN(C)CC4)CC3)=C3/C(=N)C(=O)NN=C3N)c(C)c2c1. The van der Waals surface area contributed by atoms with Crippen LogP contribution in [0.15, 0.2) is 45.4 Å². The Hall–Kier alpha value is -3.96. The number of carbonyl (C=O) groups excluding carboxylic acids is 2. The zero-order valence-corrected chi connectivity index (χ0v) is 24.0. The third-order valence-electron chi connectivity index (χ3n) is 8.23. The molecule has 1 aromatic heterocycles. The molecule has 41 heavy (non-hydrogen) atoms. The molecule has 2 aromatic rings. The lowest BCUT2D eigenvalue weighted by molar-refractivity contribution is -0.117. The quantitative estimate of drug-likeness (QED) is 0.325. The molecule has 5 rings (SSSR count). The summed E-state index contributed by atoms with van der Waals surface area (Å²) in [5.41, 5.74) is 11.7. The number of furan rings is 1. The van der Waals surface area contributed by atoms with Gasteiger partial charge in [0.15, 0.2) is 11.6 Å². The number of aryl methyl sites for hydroxylation is 2. The highest BCUT2D eigenvalue weighted by Gasteiger charge is 2.32. The van der Waals surface area contributed by atoms with Gasteiger partial charge in [0, 0.05) is 61.8 Å². The van der Waals surface area contributed by atoms with Gasteiger partial charge in [0.05, 0.1) is 11.3 Å². The van der Waals surface area contributed by atoms with E-state index in [1.807, 2.05) is 32.1 Å². The second-order valence-corrected chi connectivity index (χ2v) is 11.3. The summed E-state index contributed by atoms with van der Waals surface area (Å²) in [6, 6.07) is 6.10. The zero-order chi connectivity index (χ0) is 29.1. The van der Waals surface area contributed by atoms with E-state index in [1.54, 1.807) is 6.08 Å². The molecule has 1 aromatic carbocycles. The number of piperazine rings is 1. The van der Waals surface area contributed by atoms with Crippen molar-refractivity contribution in [2.24, 2.45) is 10.8 Å². The lowest BCUT2D eigenvalue weighted by atomic mass is 9.90. The molecule has 1 saturated heterocycles. The van der Waals surface area contributed by atoms with E-state index in [0.29, 0.717) is 11.5 Å². The highest BCUT2D eigenvalue weighted by molar-refractivity contribution is 6.53. The summed E-state index contributed by atoms with van der Waals surface area (Å²) in [4.78, 5) is 29.6. The molecule has 0 unspecified atom stereocenters. The Labute approximate surface area is 240 Å². The van der Waals surface area contributed by atoms with Gasteiger partial charge in [-0.05, 0) is 58.7 Å². The third kappa shape index (κ3) is 6.52. The van der Waals surface area contributed by atoms with E-state index in [1.165, 1.54) is 0 Å². The molecule has 1 aliphatic carbocycles. The maximum absolute atomic E-state index is 12.6. The van der Waals surface area contributed by atoms with Gasteiger partial charge in [-0.2, -0.15) is 5.10 Å². The number of nitrogens with zero attached hydrogens (tertiary/aromatic N) is 3. The third-order valence-corrected chi connectivity index (χ3v) is 8.23. The summed E-state index contributed by atoms with van der Waals surface area (Å²) >= 11 is 0. The molecule has 2 aliphatic heterocycles. The second-order valence-electron chi connectivity index (χ2n) is 11.3. The predicted octanol–water partition coefficient (Wildman–Crippen LogP) is 2.00. The van der Waals surface area contributed by atoms with Gasteiger partial charge < -0.3 is 25.7 Å². The van der Waals surface area contributed by atoms with Crippen LogP contribution in [0.25, 0.3) is 16.7 Å². The number of nitrogens with one attached hydrogen (secondary N) is 4. The number of benzene rings is 1. The molecule has 3 heterocycles. The average Bonchev–Trinajstić information content (AvgIpc) is 3.27. The molecular weight excluding hydrogens is 520 g/mol. The Morgan fingerprint density at radius 2 is 1.83 bits per heavy atom. The van der Waals surface area contributed by atoms with Gasteiger partial charge >= 0.3 is 0 Å². The van der Waals surface area contributed by atoms with E-state index >= 15 is 0 Å². The second kappa shape index (κ2) is 12.3. The Bertz CT molecular complexity index is 1420. The molecular formula is C30H40N8O3. The van der Waals surface area contributed by atoms with Gasteiger partial charge in [0.1, 0.15) is 11.3 Å². The lowest BCUT2D eigenvalue weighted by Gasteiger charge is -2.32. The van der Waals surface area contributed by atoms with Crippen molar-refractivity contribution in [1.82, 2.24) is 25.9 Å². The van der Waals surface area contributed by atoms with Gasteiger partial charge in [0.2, 0.25) is 5.91 Å². The van der Waals surface area contributed by atoms with Gasteiger partial charge in [-0.25, -0.2) is 5.43 Å². The lowest BCUT2D eigenvalue weighted by Crippen LogP contribution is -2.44. The van der Waals surface area contributed by atoms with Crippen LogP contribution < -0.4 is 21.8 Å². The minimum absolute atomic E-state index is 0.0402. The van der Waals surface area contributed by atoms with Crippen molar-refractivity contribution in [1.29, 1.82) is 5.41 Å². The van der Waals surface area contributed by atoms with Crippen LogP contribution in [-0.4, -0.2) is 85.0 Å². The highest BCUT2D eigenvalue weighted by atomic mass is 16.3. The van der Waals surface area contributed by atoms with Crippen LogP contribution in [0.5, 0.6) is 0 Å². The van der Waals surface area contributed by atoms with E-state index in [2.05, 4.69) is 44.1 Å². The molecule has 0 atom stereocenters. The first-order chi connectivity index (χ1) is 19.7. The Morgan fingerprint density at radius 1 is 1.15 bits per heavy atom. The number of likely N-dealkylation sites (N-methyl/N-ethyl adjacent to an activating group) is 1. The summed E-state index contributed by atoms with van der Waals surface area (Å²) in [6.07, 6.45) is 6.80. The molecule has 0 spiro atoms. The first-order valence-electron chi connectivity index (χ1n) is 14.3. The average molecular weight is 561 g/mol. The summed E-state index contributed by atoms with van der Waals surface area (Å²) in [5.74, 6) is -0.0843. The Kier molecular flexibility index (Phi) is 8.55. The van der Waals surface area contributed by atoms with E-state index in [4.69, 9.17) is 15.6 Å². The maximum Gasteiger partial charge on any atom is 0.290 e. The largest absolute Gasteiger partial charge is 0.454 e. The van der Waals surface area contributed by atoms with Crippen molar-refractivity contribution in [3.05, 3.63) is 52.8 Å². The fraction of sp³-hybridized carbons (Fsp3) is 0.467. The smallest absolute Gasteiger partial charge is 0.290 e. The minimum atomic E-state index is -0.620. The van der Waals surface area contributed by atoms with Crippen molar-refractivity contribution >= 4 is 40.0 Å².